The molecule has 1 saturated heterocycles. The molecule has 0 aromatic carbocycles. The van der Waals surface area contributed by atoms with E-state index in [0.29, 0.717) is 30.4 Å². The van der Waals surface area contributed by atoms with Gasteiger partial charge in [-0.05, 0) is 12.5 Å². The molecule has 1 aliphatic rings. The Morgan fingerprint density at radius 2 is 2.04 bits per heavy atom. The molecule has 1 fully saturated rings. The summed E-state index contributed by atoms with van der Waals surface area (Å²) < 4.78 is 8.13. The fourth-order valence-corrected chi connectivity index (χ4v) is 2.70. The first kappa shape index (κ1) is 16.2. The van der Waals surface area contributed by atoms with Gasteiger partial charge >= 0.3 is 0 Å². The number of nitrogens with one attached hydrogen (secondary N) is 1. The van der Waals surface area contributed by atoms with Crippen LogP contribution >= 0.6 is 0 Å². The van der Waals surface area contributed by atoms with Gasteiger partial charge in [0.25, 0.3) is 5.56 Å². The van der Waals surface area contributed by atoms with E-state index in [1.807, 2.05) is 6.92 Å². The summed E-state index contributed by atoms with van der Waals surface area (Å²) in [6.45, 7) is 8.48. The molecule has 0 atom stereocenters. The first-order valence-electron chi connectivity index (χ1n) is 8.17. The standard InChI is InChI=1S/C16H18N8O2/c1-11(2)12-9-23(21-20-12)13-8-19-24(16(13)25)15-7-14(17-10-18-15)22-3-5-26-6-4-22/h7-10,19H,1,3-6H2,2H3. The van der Waals surface area contributed by atoms with Crippen LogP contribution in [0.4, 0.5) is 5.82 Å². The molecular weight excluding hydrogens is 336 g/mol. The highest BCUT2D eigenvalue weighted by Crippen LogP contribution is 2.15. The van der Waals surface area contributed by atoms with Gasteiger partial charge in [-0.3, -0.25) is 9.89 Å². The first-order valence-corrected chi connectivity index (χ1v) is 8.17. The van der Waals surface area contributed by atoms with E-state index in [1.54, 1.807) is 18.5 Å². The number of hydrogen-bond donors (Lipinski definition) is 1. The second kappa shape index (κ2) is 6.56. The van der Waals surface area contributed by atoms with Crippen molar-refractivity contribution in [3.8, 4) is 11.5 Å². The topological polar surface area (TPSA) is 107 Å². The van der Waals surface area contributed by atoms with E-state index >= 15 is 0 Å². The quantitative estimate of drug-likeness (QED) is 0.723. The van der Waals surface area contributed by atoms with Crippen molar-refractivity contribution in [2.24, 2.45) is 0 Å². The van der Waals surface area contributed by atoms with Gasteiger partial charge in [0.15, 0.2) is 11.5 Å². The molecule has 1 aliphatic heterocycles. The minimum atomic E-state index is -0.283. The number of aromatic nitrogens is 7. The minimum Gasteiger partial charge on any atom is -0.378 e. The van der Waals surface area contributed by atoms with Crippen molar-refractivity contribution in [3.63, 3.8) is 0 Å². The Morgan fingerprint density at radius 3 is 2.77 bits per heavy atom. The first-order chi connectivity index (χ1) is 12.6. The molecule has 4 heterocycles. The smallest absolute Gasteiger partial charge is 0.298 e. The maximum absolute atomic E-state index is 12.8. The van der Waals surface area contributed by atoms with Crippen LogP contribution in [0.25, 0.3) is 17.1 Å². The maximum atomic E-state index is 12.8. The second-order valence-electron chi connectivity index (χ2n) is 5.96. The molecule has 10 nitrogen and oxygen atoms in total. The van der Waals surface area contributed by atoms with Crippen molar-refractivity contribution in [3.05, 3.63) is 47.4 Å². The molecule has 134 valence electrons. The van der Waals surface area contributed by atoms with E-state index < -0.39 is 0 Å². The van der Waals surface area contributed by atoms with Crippen molar-refractivity contribution in [2.75, 3.05) is 31.2 Å². The predicted molar refractivity (Wildman–Crippen MR) is 94.6 cm³/mol. The molecule has 1 N–H and O–H groups in total. The number of morpholine rings is 1. The molecule has 0 amide bonds. The lowest BCUT2D eigenvalue weighted by Gasteiger charge is -2.27. The van der Waals surface area contributed by atoms with Crippen LogP contribution in [-0.2, 0) is 4.74 Å². The summed E-state index contributed by atoms with van der Waals surface area (Å²) in [7, 11) is 0. The number of H-pyrrole nitrogens is 1. The summed E-state index contributed by atoms with van der Waals surface area (Å²) in [5, 5.41) is 10.9. The van der Waals surface area contributed by atoms with Gasteiger partial charge in [-0.15, -0.1) is 5.10 Å². The molecule has 0 unspecified atom stereocenters. The number of hydrogen-bond acceptors (Lipinski definition) is 7. The van der Waals surface area contributed by atoms with E-state index in [9.17, 15) is 4.79 Å². The van der Waals surface area contributed by atoms with E-state index in [2.05, 4.69) is 36.9 Å². The molecule has 0 bridgehead atoms. The molecule has 3 aromatic rings. The minimum absolute atomic E-state index is 0.283. The Hall–Kier alpha value is -3.27. The number of anilines is 1. The van der Waals surface area contributed by atoms with Crippen molar-refractivity contribution in [2.45, 2.75) is 6.92 Å². The highest BCUT2D eigenvalue weighted by molar-refractivity contribution is 5.56. The third-order valence-electron chi connectivity index (χ3n) is 4.13. The molecule has 10 heteroatoms. The number of aromatic amines is 1. The Kier molecular flexibility index (Phi) is 4.09. The number of rotatable bonds is 4. The van der Waals surface area contributed by atoms with Crippen LogP contribution in [0.2, 0.25) is 0 Å². The van der Waals surface area contributed by atoms with E-state index in [-0.39, 0.29) is 5.56 Å². The van der Waals surface area contributed by atoms with E-state index in [1.165, 1.54) is 15.7 Å². The average molecular weight is 354 g/mol. The van der Waals surface area contributed by atoms with Gasteiger partial charge in [-0.2, -0.15) is 4.68 Å². The van der Waals surface area contributed by atoms with Crippen LogP contribution in [0.3, 0.4) is 0 Å². The molecule has 0 spiro atoms. The highest BCUT2D eigenvalue weighted by Gasteiger charge is 2.16. The average Bonchev–Trinajstić information content (AvgIpc) is 3.29. The third kappa shape index (κ3) is 2.90. The lowest BCUT2D eigenvalue weighted by atomic mass is 10.3. The van der Waals surface area contributed by atoms with Gasteiger partial charge in [0.1, 0.15) is 17.8 Å². The second-order valence-corrected chi connectivity index (χ2v) is 5.96. The maximum Gasteiger partial charge on any atom is 0.298 e. The molecule has 0 aliphatic carbocycles. The normalized spacial score (nSPS) is 14.6. The van der Waals surface area contributed by atoms with Gasteiger partial charge in [0, 0.05) is 19.2 Å². The van der Waals surface area contributed by atoms with Crippen molar-refractivity contribution < 1.29 is 4.74 Å². The molecule has 4 rings (SSSR count). The van der Waals surface area contributed by atoms with Crippen molar-refractivity contribution in [1.82, 2.24) is 34.7 Å². The lowest BCUT2D eigenvalue weighted by Crippen LogP contribution is -2.37. The summed E-state index contributed by atoms with van der Waals surface area (Å²) in [6.07, 6.45) is 4.67. The lowest BCUT2D eigenvalue weighted by molar-refractivity contribution is 0.122. The number of allylic oxidation sites excluding steroid dienone is 1. The Balaban J connectivity index is 1.67. The summed E-state index contributed by atoms with van der Waals surface area (Å²) >= 11 is 0. The van der Waals surface area contributed by atoms with Crippen LogP contribution in [0.1, 0.15) is 12.6 Å². The number of nitrogens with zero attached hydrogens (tertiary/aromatic N) is 7. The zero-order chi connectivity index (χ0) is 18.1. The fraction of sp³-hybridized carbons (Fsp3) is 0.312. The Labute approximate surface area is 148 Å². The highest BCUT2D eigenvalue weighted by atomic mass is 16.5. The molecule has 3 aromatic heterocycles. The van der Waals surface area contributed by atoms with Crippen molar-refractivity contribution >= 4 is 11.4 Å². The van der Waals surface area contributed by atoms with Crippen LogP contribution in [-0.4, -0.2) is 61.0 Å². The summed E-state index contributed by atoms with van der Waals surface area (Å²) in [4.78, 5) is 23.4. The van der Waals surface area contributed by atoms with Gasteiger partial charge in [-0.25, -0.2) is 14.6 Å². The largest absolute Gasteiger partial charge is 0.378 e. The van der Waals surface area contributed by atoms with E-state index in [4.69, 9.17) is 4.74 Å². The monoisotopic (exact) mass is 354 g/mol. The van der Waals surface area contributed by atoms with Gasteiger partial charge in [0.05, 0.1) is 25.6 Å². The Bertz CT molecular complexity index is 996. The van der Waals surface area contributed by atoms with Crippen LogP contribution in [0.5, 0.6) is 0 Å². The SMILES string of the molecule is C=C(C)c1cn(-c2c[nH]n(-c3cc(N4CCOCC4)ncn3)c2=O)nn1. The summed E-state index contributed by atoms with van der Waals surface area (Å²) in [5.41, 5.74) is 1.47. The molecular formula is C16H18N8O2. The third-order valence-corrected chi connectivity index (χ3v) is 4.13. The fourth-order valence-electron chi connectivity index (χ4n) is 2.70. The Morgan fingerprint density at radius 1 is 1.27 bits per heavy atom. The zero-order valence-electron chi connectivity index (χ0n) is 14.3. The van der Waals surface area contributed by atoms with Crippen LogP contribution in [0, 0.1) is 0 Å². The van der Waals surface area contributed by atoms with Crippen molar-refractivity contribution in [1.29, 1.82) is 0 Å². The number of ether oxygens (including phenoxy) is 1. The summed E-state index contributed by atoms with van der Waals surface area (Å²) in [5.74, 6) is 1.21. The molecule has 0 radical (unpaired) electrons. The van der Waals surface area contributed by atoms with Gasteiger partial charge in [-0.1, -0.05) is 11.8 Å². The van der Waals surface area contributed by atoms with Crippen LogP contribution < -0.4 is 10.5 Å². The molecule has 0 saturated carbocycles. The molecule has 26 heavy (non-hydrogen) atoms. The van der Waals surface area contributed by atoms with Crippen LogP contribution in [0.15, 0.2) is 36.2 Å². The predicted octanol–water partition coefficient (Wildman–Crippen LogP) is 0.406. The van der Waals surface area contributed by atoms with Gasteiger partial charge in [0.2, 0.25) is 0 Å². The van der Waals surface area contributed by atoms with Gasteiger partial charge < -0.3 is 9.64 Å². The summed E-state index contributed by atoms with van der Waals surface area (Å²) in [6, 6.07) is 1.77. The zero-order valence-corrected chi connectivity index (χ0v) is 14.3. The van der Waals surface area contributed by atoms with E-state index in [0.717, 1.165) is 24.5 Å².